The first-order chi connectivity index (χ1) is 29.2. The first kappa shape index (κ1) is 34.2. The molecular weight excluding hydrogens is 777 g/mol. The van der Waals surface area contributed by atoms with Crippen molar-refractivity contribution >= 4 is 84.6 Å². The van der Waals surface area contributed by atoms with Crippen LogP contribution in [0.15, 0.2) is 182 Å². The molecule has 4 nitrogen and oxygen atoms in total. The van der Waals surface area contributed by atoms with Gasteiger partial charge in [-0.1, -0.05) is 146 Å². The molecule has 0 aliphatic rings. The van der Waals surface area contributed by atoms with Gasteiger partial charge in [0.05, 0.1) is 10.2 Å². The van der Waals surface area contributed by atoms with Gasteiger partial charge in [0.15, 0.2) is 17.5 Å². The first-order valence-corrected chi connectivity index (χ1v) is 21.9. The summed E-state index contributed by atoms with van der Waals surface area (Å²) in [5.41, 5.74) is 9.88. The Morgan fingerprint density at radius 1 is 0.288 bits per heavy atom. The van der Waals surface area contributed by atoms with Crippen LogP contribution in [0.1, 0.15) is 0 Å². The lowest BCUT2D eigenvalue weighted by Crippen LogP contribution is -2.00. The third-order valence-electron chi connectivity index (χ3n) is 11.0. The van der Waals surface area contributed by atoms with E-state index in [4.69, 9.17) is 19.9 Å². The highest BCUT2D eigenvalue weighted by molar-refractivity contribution is 7.26. The zero-order chi connectivity index (χ0) is 38.9. The number of nitrogens with zero attached hydrogens (tertiary/aromatic N) is 4. The van der Waals surface area contributed by atoms with Gasteiger partial charge >= 0.3 is 0 Å². The third kappa shape index (κ3) is 5.93. The maximum absolute atomic E-state index is 5.15. The summed E-state index contributed by atoms with van der Waals surface area (Å²) in [4.78, 5) is 20.3. The van der Waals surface area contributed by atoms with Crippen LogP contribution in [0.2, 0.25) is 0 Å². The lowest BCUT2D eigenvalue weighted by Gasteiger charge is -2.10. The Hall–Kier alpha value is -6.90. The summed E-state index contributed by atoms with van der Waals surface area (Å²) >= 11 is 5.38. The summed E-state index contributed by atoms with van der Waals surface area (Å²) in [5, 5.41) is 6.02. The van der Waals surface area contributed by atoms with Gasteiger partial charge < -0.3 is 0 Å². The Morgan fingerprint density at radius 2 is 0.847 bits per heavy atom. The highest BCUT2D eigenvalue weighted by atomic mass is 32.1. The summed E-state index contributed by atoms with van der Waals surface area (Å²) in [6, 6.07) is 64.4. The predicted octanol–water partition coefficient (Wildman–Crippen LogP) is 15.2. The maximum atomic E-state index is 5.15. The van der Waals surface area contributed by atoms with Crippen LogP contribution in [0.4, 0.5) is 0 Å². The number of aromatic nitrogens is 4. The van der Waals surface area contributed by atoms with E-state index in [1.54, 1.807) is 22.7 Å². The molecule has 0 amide bonds. The number of benzene rings is 8. The van der Waals surface area contributed by atoms with Gasteiger partial charge in [0.2, 0.25) is 0 Å². The van der Waals surface area contributed by atoms with Gasteiger partial charge in [0.1, 0.15) is 5.01 Å². The maximum Gasteiger partial charge on any atom is 0.165 e. The molecule has 0 bridgehead atoms. The van der Waals surface area contributed by atoms with Gasteiger partial charge in [-0.05, 0) is 58.7 Å². The van der Waals surface area contributed by atoms with Gasteiger partial charge in [-0.2, -0.15) is 0 Å². The molecule has 0 aliphatic carbocycles. The molecule has 4 aromatic heterocycles. The van der Waals surface area contributed by atoms with Crippen LogP contribution in [0, 0.1) is 0 Å². The molecule has 0 spiro atoms. The fourth-order valence-electron chi connectivity index (χ4n) is 8.08. The molecule has 0 aliphatic heterocycles. The Labute approximate surface area is 351 Å². The summed E-state index contributed by atoms with van der Waals surface area (Å²) in [7, 11) is 0. The van der Waals surface area contributed by atoms with Crippen molar-refractivity contribution in [2.45, 2.75) is 0 Å². The Balaban J connectivity index is 0.914. The van der Waals surface area contributed by atoms with E-state index in [1.165, 1.54) is 61.7 Å². The molecule has 8 aromatic carbocycles. The molecule has 0 fully saturated rings. The number of hydrogen-bond acceptors (Lipinski definition) is 7. The van der Waals surface area contributed by atoms with E-state index < -0.39 is 0 Å². The van der Waals surface area contributed by atoms with Crippen molar-refractivity contribution in [2.24, 2.45) is 0 Å². The average molecular weight is 807 g/mol. The normalized spacial score (nSPS) is 11.7. The summed E-state index contributed by atoms with van der Waals surface area (Å²) in [6.45, 7) is 0. The second-order valence-electron chi connectivity index (χ2n) is 14.6. The molecule has 0 radical (unpaired) electrons. The van der Waals surface area contributed by atoms with Gasteiger partial charge in [0.25, 0.3) is 0 Å². The Morgan fingerprint density at radius 3 is 1.63 bits per heavy atom. The van der Waals surface area contributed by atoms with Crippen LogP contribution >= 0.6 is 34.0 Å². The summed E-state index contributed by atoms with van der Waals surface area (Å²) in [5.74, 6) is 1.98. The number of rotatable bonds is 6. The quantitative estimate of drug-likeness (QED) is 0.168. The largest absolute Gasteiger partial charge is 0.236 e. The van der Waals surface area contributed by atoms with Crippen molar-refractivity contribution < 1.29 is 0 Å². The zero-order valence-corrected chi connectivity index (χ0v) is 33.8. The van der Waals surface area contributed by atoms with Crippen molar-refractivity contribution in [3.63, 3.8) is 0 Å². The van der Waals surface area contributed by atoms with E-state index in [1.807, 2.05) is 29.5 Å². The topological polar surface area (TPSA) is 51.6 Å². The van der Waals surface area contributed by atoms with E-state index in [0.29, 0.717) is 17.5 Å². The summed E-state index contributed by atoms with van der Waals surface area (Å²) < 4.78 is 6.17. The highest BCUT2D eigenvalue weighted by Crippen LogP contribution is 2.43. The van der Waals surface area contributed by atoms with Crippen LogP contribution in [0.3, 0.4) is 0 Å². The van der Waals surface area contributed by atoms with Crippen molar-refractivity contribution in [1.29, 1.82) is 0 Å². The molecule has 0 saturated heterocycles. The minimum absolute atomic E-state index is 0.650. The molecule has 12 rings (SSSR count). The van der Waals surface area contributed by atoms with Crippen LogP contribution in [0.25, 0.3) is 118 Å². The van der Waals surface area contributed by atoms with Gasteiger partial charge in [-0.15, -0.1) is 34.0 Å². The monoisotopic (exact) mass is 806 g/mol. The zero-order valence-electron chi connectivity index (χ0n) is 31.3. The fourth-order valence-corrected chi connectivity index (χ4v) is 11.5. The molecule has 4 heterocycles. The fraction of sp³-hybridized carbons (Fsp3) is 0. The van der Waals surface area contributed by atoms with Crippen LogP contribution < -0.4 is 0 Å². The molecule has 7 heteroatoms. The van der Waals surface area contributed by atoms with Gasteiger partial charge in [0, 0.05) is 62.6 Å². The number of hydrogen-bond donors (Lipinski definition) is 0. The SMILES string of the molecule is c1ccc(-c2ccc3nc(-c4ccc5sc6c(-c7ccc(-c8nc(-c9ccccc9)nc(-c9cccc%10c9sc9ccccc9%10)n8)cc7)cccc6c5c4)sc3c2)cc1. The molecular formula is C52H30N4S3. The van der Waals surface area contributed by atoms with Crippen molar-refractivity contribution in [1.82, 2.24) is 19.9 Å². The van der Waals surface area contributed by atoms with E-state index in [9.17, 15) is 0 Å². The number of fused-ring (bicyclic) bond motifs is 7. The molecule has 276 valence electrons. The minimum Gasteiger partial charge on any atom is -0.236 e. The second-order valence-corrected chi connectivity index (χ2v) is 17.7. The third-order valence-corrected chi connectivity index (χ3v) is 14.5. The Bertz CT molecular complexity index is 3550. The molecule has 0 saturated carbocycles. The number of thiazole rings is 1. The van der Waals surface area contributed by atoms with Gasteiger partial charge in [-0.25, -0.2) is 19.9 Å². The van der Waals surface area contributed by atoms with E-state index in [0.717, 1.165) is 38.3 Å². The minimum atomic E-state index is 0.650. The standard InChI is InChI=1S/C52H30N4S3/c1-3-11-31(12-4-1)35-25-27-43-46(30-35)59-52(53-43)36-26-28-45-42(29-36)40-18-9-16-37(47(40)58-45)32-21-23-34(24-22-32)50-54-49(33-13-5-2-6-14-33)55-51(56-50)41-19-10-17-39-38-15-7-8-20-44(38)57-48(39)41/h1-30H. The van der Waals surface area contributed by atoms with Crippen molar-refractivity contribution in [3.05, 3.63) is 182 Å². The lowest BCUT2D eigenvalue weighted by molar-refractivity contribution is 1.08. The van der Waals surface area contributed by atoms with E-state index in [2.05, 4.69) is 164 Å². The van der Waals surface area contributed by atoms with Crippen molar-refractivity contribution in [2.75, 3.05) is 0 Å². The molecule has 0 unspecified atom stereocenters. The van der Waals surface area contributed by atoms with E-state index in [-0.39, 0.29) is 0 Å². The second kappa shape index (κ2) is 13.9. The number of thiophene rings is 2. The molecule has 0 N–H and O–H groups in total. The van der Waals surface area contributed by atoms with Crippen LogP contribution in [0.5, 0.6) is 0 Å². The average Bonchev–Trinajstić information content (AvgIpc) is 4.02. The predicted molar refractivity (Wildman–Crippen MR) is 251 cm³/mol. The highest BCUT2D eigenvalue weighted by Gasteiger charge is 2.18. The van der Waals surface area contributed by atoms with Crippen LogP contribution in [-0.4, -0.2) is 19.9 Å². The molecule has 12 aromatic rings. The smallest absolute Gasteiger partial charge is 0.165 e. The summed E-state index contributed by atoms with van der Waals surface area (Å²) in [6.07, 6.45) is 0. The van der Waals surface area contributed by atoms with E-state index >= 15 is 0 Å². The molecule has 0 atom stereocenters. The lowest BCUT2D eigenvalue weighted by atomic mass is 10.0. The van der Waals surface area contributed by atoms with Gasteiger partial charge in [-0.3, -0.25) is 0 Å². The first-order valence-electron chi connectivity index (χ1n) is 19.4. The van der Waals surface area contributed by atoms with Crippen LogP contribution in [-0.2, 0) is 0 Å². The Kier molecular flexibility index (Phi) is 8.04. The molecule has 59 heavy (non-hydrogen) atoms. The van der Waals surface area contributed by atoms with Crippen molar-refractivity contribution in [3.8, 4) is 67.0 Å².